The Balaban J connectivity index is 2.42. The van der Waals surface area contributed by atoms with Crippen LogP contribution in [0.5, 0.6) is 5.75 Å². The quantitative estimate of drug-likeness (QED) is 0.825. The lowest BCUT2D eigenvalue weighted by Gasteiger charge is -2.23. The number of aliphatic hydroxyl groups is 1. The van der Waals surface area contributed by atoms with Crippen LogP contribution in [0.2, 0.25) is 0 Å². The van der Waals surface area contributed by atoms with Crippen molar-refractivity contribution in [2.24, 2.45) is 0 Å². The number of hydrogen-bond acceptors (Lipinski definition) is 2. The van der Waals surface area contributed by atoms with E-state index < -0.39 is 5.60 Å². The Morgan fingerprint density at radius 3 is 2.29 bits per heavy atom. The van der Waals surface area contributed by atoms with Crippen LogP contribution in [-0.2, 0) is 11.8 Å². The van der Waals surface area contributed by atoms with E-state index in [2.05, 4.69) is 20.8 Å². The largest absolute Gasteiger partial charge is 0.507 e. The number of phenolic OH excluding ortho intramolecular Hbond substituents is 1. The van der Waals surface area contributed by atoms with Gasteiger partial charge in [-0.2, -0.15) is 0 Å². The molecule has 2 nitrogen and oxygen atoms in total. The first-order valence-electron chi connectivity index (χ1n) is 6.27. The summed E-state index contributed by atoms with van der Waals surface area (Å²) in [5.41, 5.74) is 2.37. The Morgan fingerprint density at radius 2 is 1.82 bits per heavy atom. The normalized spacial score (nSPS) is 18.2. The summed E-state index contributed by atoms with van der Waals surface area (Å²) >= 11 is 0. The van der Waals surface area contributed by atoms with Gasteiger partial charge in [-0.1, -0.05) is 38.5 Å². The maximum atomic E-state index is 10.3. The summed E-state index contributed by atoms with van der Waals surface area (Å²) in [6.07, 6.45) is 2.28. The van der Waals surface area contributed by atoms with Gasteiger partial charge in [0, 0.05) is 6.42 Å². The monoisotopic (exact) mass is 234 g/mol. The number of aryl methyl sites for hydroxylation is 1. The Bertz CT molecular complexity index is 437. The van der Waals surface area contributed by atoms with Gasteiger partial charge in [0.25, 0.3) is 0 Å². The highest BCUT2D eigenvalue weighted by Gasteiger charge is 2.41. The second-order valence-corrected chi connectivity index (χ2v) is 6.47. The Hall–Kier alpha value is -1.02. The van der Waals surface area contributed by atoms with Crippen molar-refractivity contribution in [3.63, 3.8) is 0 Å². The van der Waals surface area contributed by atoms with Crippen LogP contribution in [-0.4, -0.2) is 15.8 Å². The minimum atomic E-state index is -0.555. The van der Waals surface area contributed by atoms with E-state index in [-0.39, 0.29) is 5.41 Å². The van der Waals surface area contributed by atoms with Crippen molar-refractivity contribution in [3.8, 4) is 5.75 Å². The minimum Gasteiger partial charge on any atom is -0.507 e. The molecule has 0 saturated heterocycles. The lowest BCUT2D eigenvalue weighted by Crippen LogP contribution is -2.15. The van der Waals surface area contributed by atoms with E-state index in [0.29, 0.717) is 12.2 Å². The van der Waals surface area contributed by atoms with E-state index in [1.807, 2.05) is 19.1 Å². The lowest BCUT2D eigenvalue weighted by atomic mass is 9.83. The molecule has 94 valence electrons. The van der Waals surface area contributed by atoms with E-state index in [1.165, 1.54) is 0 Å². The second-order valence-electron chi connectivity index (χ2n) is 6.47. The Morgan fingerprint density at radius 1 is 1.24 bits per heavy atom. The zero-order valence-electron chi connectivity index (χ0n) is 11.2. The van der Waals surface area contributed by atoms with Gasteiger partial charge in [-0.3, -0.25) is 0 Å². The van der Waals surface area contributed by atoms with Crippen LogP contribution in [0.15, 0.2) is 12.1 Å². The van der Waals surface area contributed by atoms with Gasteiger partial charge in [-0.15, -0.1) is 0 Å². The van der Waals surface area contributed by atoms with Gasteiger partial charge in [0.05, 0.1) is 5.60 Å². The molecule has 0 spiro atoms. The van der Waals surface area contributed by atoms with E-state index in [9.17, 15) is 10.2 Å². The van der Waals surface area contributed by atoms with Crippen LogP contribution in [0, 0.1) is 6.92 Å². The third kappa shape index (κ3) is 2.63. The van der Waals surface area contributed by atoms with Crippen molar-refractivity contribution < 1.29 is 10.2 Å². The zero-order chi connectivity index (χ0) is 12.8. The number of rotatable bonds is 2. The number of phenols is 1. The van der Waals surface area contributed by atoms with Gasteiger partial charge in [-0.25, -0.2) is 0 Å². The third-order valence-electron chi connectivity index (χ3n) is 3.49. The molecule has 0 bridgehead atoms. The molecule has 1 aromatic carbocycles. The maximum absolute atomic E-state index is 10.3. The van der Waals surface area contributed by atoms with Gasteiger partial charge >= 0.3 is 0 Å². The van der Waals surface area contributed by atoms with Gasteiger partial charge < -0.3 is 10.2 Å². The molecule has 2 N–H and O–H groups in total. The van der Waals surface area contributed by atoms with Crippen molar-refractivity contribution in [1.82, 2.24) is 0 Å². The van der Waals surface area contributed by atoms with Gasteiger partial charge in [0.15, 0.2) is 0 Å². The van der Waals surface area contributed by atoms with E-state index in [1.54, 1.807) is 0 Å². The molecule has 2 rings (SSSR count). The predicted octanol–water partition coefficient (Wildman–Crippen LogP) is 3.07. The van der Waals surface area contributed by atoms with Crippen LogP contribution >= 0.6 is 0 Å². The molecule has 1 fully saturated rings. The average Bonchev–Trinajstić information content (AvgIpc) is 2.87. The number of hydrogen-bond donors (Lipinski definition) is 2. The fraction of sp³-hybridized carbons (Fsp3) is 0.600. The fourth-order valence-corrected chi connectivity index (χ4v) is 2.24. The predicted molar refractivity (Wildman–Crippen MR) is 69.4 cm³/mol. The summed E-state index contributed by atoms with van der Waals surface area (Å²) in [7, 11) is 0. The SMILES string of the molecule is Cc1cc(CC2(O)CC2)c(O)c(C(C)(C)C)c1. The summed E-state index contributed by atoms with van der Waals surface area (Å²) < 4.78 is 0. The molecule has 0 aliphatic heterocycles. The van der Waals surface area contributed by atoms with Crippen LogP contribution in [0.25, 0.3) is 0 Å². The summed E-state index contributed by atoms with van der Waals surface area (Å²) in [5, 5.41) is 20.3. The lowest BCUT2D eigenvalue weighted by molar-refractivity contribution is 0.150. The van der Waals surface area contributed by atoms with Crippen molar-refractivity contribution in [2.45, 2.75) is 58.0 Å². The first-order valence-corrected chi connectivity index (χ1v) is 6.27. The second kappa shape index (κ2) is 3.74. The molecular formula is C15H22O2. The molecule has 0 heterocycles. The van der Waals surface area contributed by atoms with Gasteiger partial charge in [0.2, 0.25) is 0 Å². The first kappa shape index (κ1) is 12.4. The molecule has 0 aromatic heterocycles. The van der Waals surface area contributed by atoms with Gasteiger partial charge in [-0.05, 0) is 36.3 Å². The standard InChI is InChI=1S/C15H22O2/c1-10-7-11(9-15(17)5-6-15)13(16)12(8-10)14(2,3)4/h7-8,16-17H,5-6,9H2,1-4H3. The highest BCUT2D eigenvalue weighted by Crippen LogP contribution is 2.42. The van der Waals surface area contributed by atoms with E-state index >= 15 is 0 Å². The average molecular weight is 234 g/mol. The molecule has 1 aliphatic carbocycles. The molecule has 1 aromatic rings. The summed E-state index contributed by atoms with van der Waals surface area (Å²) in [4.78, 5) is 0. The topological polar surface area (TPSA) is 40.5 Å². The minimum absolute atomic E-state index is 0.0724. The summed E-state index contributed by atoms with van der Waals surface area (Å²) in [5.74, 6) is 0.364. The van der Waals surface area contributed by atoms with Gasteiger partial charge in [0.1, 0.15) is 5.75 Å². The molecule has 2 heteroatoms. The summed E-state index contributed by atoms with van der Waals surface area (Å²) in [6, 6.07) is 4.02. The van der Waals surface area contributed by atoms with Crippen molar-refractivity contribution in [3.05, 3.63) is 28.8 Å². The smallest absolute Gasteiger partial charge is 0.122 e. The van der Waals surface area contributed by atoms with E-state index in [0.717, 1.165) is 29.5 Å². The Kier molecular flexibility index (Phi) is 2.74. The number of benzene rings is 1. The first-order chi connectivity index (χ1) is 7.71. The molecular weight excluding hydrogens is 212 g/mol. The molecule has 0 radical (unpaired) electrons. The molecule has 0 amide bonds. The van der Waals surface area contributed by atoms with Crippen LogP contribution in [0.1, 0.15) is 50.3 Å². The van der Waals surface area contributed by atoms with Crippen molar-refractivity contribution in [1.29, 1.82) is 0 Å². The molecule has 0 atom stereocenters. The molecule has 17 heavy (non-hydrogen) atoms. The molecule has 1 saturated carbocycles. The van der Waals surface area contributed by atoms with Crippen molar-refractivity contribution >= 4 is 0 Å². The van der Waals surface area contributed by atoms with Crippen LogP contribution < -0.4 is 0 Å². The highest BCUT2D eigenvalue weighted by atomic mass is 16.3. The molecule has 1 aliphatic rings. The highest BCUT2D eigenvalue weighted by molar-refractivity contribution is 5.47. The van der Waals surface area contributed by atoms with Crippen LogP contribution in [0.4, 0.5) is 0 Å². The zero-order valence-corrected chi connectivity index (χ0v) is 11.2. The molecule has 0 unspecified atom stereocenters. The Labute approximate surface area is 103 Å². The summed E-state index contributed by atoms with van der Waals surface area (Å²) in [6.45, 7) is 8.32. The number of aromatic hydroxyl groups is 1. The van der Waals surface area contributed by atoms with Crippen LogP contribution in [0.3, 0.4) is 0 Å². The maximum Gasteiger partial charge on any atom is 0.122 e. The third-order valence-corrected chi connectivity index (χ3v) is 3.49. The fourth-order valence-electron chi connectivity index (χ4n) is 2.24. The van der Waals surface area contributed by atoms with E-state index in [4.69, 9.17) is 0 Å². The van der Waals surface area contributed by atoms with Crippen molar-refractivity contribution in [2.75, 3.05) is 0 Å².